The Bertz CT molecular complexity index is 303. The zero-order chi connectivity index (χ0) is 9.14. The molecule has 0 spiro atoms. The maximum Gasteiger partial charge on any atom is 0.126 e. The molecule has 0 aromatic carbocycles. The van der Waals surface area contributed by atoms with Crippen LogP contribution in [0.2, 0.25) is 0 Å². The lowest BCUT2D eigenvalue weighted by Crippen LogP contribution is -1.98. The average Bonchev–Trinajstić information content (AvgIpc) is 1.96. The van der Waals surface area contributed by atoms with E-state index < -0.39 is 0 Å². The van der Waals surface area contributed by atoms with Crippen LogP contribution in [-0.4, -0.2) is 4.98 Å². The molecule has 2 N–H and O–H groups in total. The summed E-state index contributed by atoms with van der Waals surface area (Å²) in [6.45, 7) is 7.83. The van der Waals surface area contributed by atoms with Gasteiger partial charge in [-0.15, -0.1) is 0 Å². The van der Waals surface area contributed by atoms with Crippen LogP contribution in [0.25, 0.3) is 0 Å². The molecule has 0 aliphatic heterocycles. The van der Waals surface area contributed by atoms with E-state index in [0.717, 1.165) is 23.1 Å². The van der Waals surface area contributed by atoms with Crippen LogP contribution < -0.4 is 5.73 Å². The van der Waals surface area contributed by atoms with Crippen LogP contribution in [0.3, 0.4) is 0 Å². The van der Waals surface area contributed by atoms with E-state index in [0.29, 0.717) is 5.82 Å². The van der Waals surface area contributed by atoms with Crippen LogP contribution in [0.4, 0.5) is 5.82 Å². The molecule has 0 bridgehead atoms. The summed E-state index contributed by atoms with van der Waals surface area (Å²) in [7, 11) is 0. The Balaban J connectivity index is 2.97. The molecule has 0 fully saturated rings. The van der Waals surface area contributed by atoms with Crippen LogP contribution in [0.15, 0.2) is 24.4 Å². The van der Waals surface area contributed by atoms with Gasteiger partial charge in [-0.25, -0.2) is 4.98 Å². The van der Waals surface area contributed by atoms with Gasteiger partial charge >= 0.3 is 0 Å². The molecule has 0 atom stereocenters. The number of aryl methyl sites for hydroxylation is 1. The fourth-order valence-corrected chi connectivity index (χ4v) is 1.11. The third-order valence-electron chi connectivity index (χ3n) is 1.63. The molecule has 64 valence electrons. The summed E-state index contributed by atoms with van der Waals surface area (Å²) in [5.74, 6) is 0.614. The topological polar surface area (TPSA) is 38.9 Å². The van der Waals surface area contributed by atoms with Crippen molar-refractivity contribution >= 4 is 5.82 Å². The number of pyridine rings is 1. The first-order valence-electron chi connectivity index (χ1n) is 3.95. The zero-order valence-corrected chi connectivity index (χ0v) is 7.59. The van der Waals surface area contributed by atoms with Crippen molar-refractivity contribution in [3.8, 4) is 0 Å². The number of nitrogen functional groups attached to an aromatic ring is 1. The van der Waals surface area contributed by atoms with Gasteiger partial charge in [-0.2, -0.15) is 0 Å². The van der Waals surface area contributed by atoms with Gasteiger partial charge in [0.1, 0.15) is 5.82 Å². The monoisotopic (exact) mass is 162 g/mol. The highest BCUT2D eigenvalue weighted by molar-refractivity contribution is 5.42. The van der Waals surface area contributed by atoms with Gasteiger partial charge in [0.25, 0.3) is 0 Å². The van der Waals surface area contributed by atoms with E-state index in [1.165, 1.54) is 0 Å². The summed E-state index contributed by atoms with van der Waals surface area (Å²) < 4.78 is 0. The Kier molecular flexibility index (Phi) is 2.48. The third kappa shape index (κ3) is 2.09. The van der Waals surface area contributed by atoms with Gasteiger partial charge in [0.05, 0.1) is 0 Å². The number of anilines is 1. The van der Waals surface area contributed by atoms with Gasteiger partial charge in [-0.05, 0) is 31.4 Å². The Labute approximate surface area is 73.1 Å². The van der Waals surface area contributed by atoms with Crippen molar-refractivity contribution in [2.45, 2.75) is 20.3 Å². The maximum absolute atomic E-state index is 5.69. The summed E-state index contributed by atoms with van der Waals surface area (Å²) in [6.07, 6.45) is 2.60. The molecule has 0 aliphatic rings. The minimum Gasteiger partial charge on any atom is -0.383 e. The highest BCUT2D eigenvalue weighted by atomic mass is 14.8. The fourth-order valence-electron chi connectivity index (χ4n) is 1.11. The van der Waals surface area contributed by atoms with Crippen LogP contribution in [0, 0.1) is 6.92 Å². The van der Waals surface area contributed by atoms with E-state index in [1.807, 2.05) is 13.8 Å². The number of nitrogens with zero attached hydrogens (tertiary/aromatic N) is 1. The zero-order valence-electron chi connectivity index (χ0n) is 7.59. The lowest BCUT2D eigenvalue weighted by Gasteiger charge is -2.04. The third-order valence-corrected chi connectivity index (χ3v) is 1.63. The predicted molar refractivity (Wildman–Crippen MR) is 51.9 cm³/mol. The quantitative estimate of drug-likeness (QED) is 0.676. The highest BCUT2D eigenvalue weighted by Crippen LogP contribution is 2.13. The number of rotatable bonds is 2. The number of nitrogens with two attached hydrogens (primary N) is 1. The van der Waals surface area contributed by atoms with Crippen molar-refractivity contribution in [2.24, 2.45) is 0 Å². The molecule has 1 rings (SSSR count). The molecule has 2 heteroatoms. The maximum atomic E-state index is 5.69. The molecule has 0 radical (unpaired) electrons. The van der Waals surface area contributed by atoms with E-state index in [9.17, 15) is 0 Å². The van der Waals surface area contributed by atoms with E-state index in [-0.39, 0.29) is 0 Å². The first-order chi connectivity index (χ1) is 5.59. The lowest BCUT2D eigenvalue weighted by atomic mass is 10.1. The van der Waals surface area contributed by atoms with Crippen LogP contribution in [-0.2, 0) is 6.42 Å². The second-order valence-corrected chi connectivity index (χ2v) is 3.19. The SMILES string of the molecule is C=C(C)Cc1cc(C)cnc1N. The van der Waals surface area contributed by atoms with Gasteiger partial charge in [-0.3, -0.25) is 0 Å². The average molecular weight is 162 g/mol. The van der Waals surface area contributed by atoms with Gasteiger partial charge in [-0.1, -0.05) is 18.2 Å². The largest absolute Gasteiger partial charge is 0.383 e. The summed E-state index contributed by atoms with van der Waals surface area (Å²) in [5, 5.41) is 0. The lowest BCUT2D eigenvalue weighted by molar-refractivity contribution is 1.11. The number of hydrogen-bond donors (Lipinski definition) is 1. The van der Waals surface area contributed by atoms with Crippen molar-refractivity contribution < 1.29 is 0 Å². The molecular weight excluding hydrogens is 148 g/mol. The van der Waals surface area contributed by atoms with Gasteiger partial charge in [0.15, 0.2) is 0 Å². The standard InChI is InChI=1S/C10H14N2/c1-7(2)4-9-5-8(3)6-12-10(9)11/h5-6H,1,4H2,2-3H3,(H2,11,12). The minimum atomic E-state index is 0.614. The fraction of sp³-hybridized carbons (Fsp3) is 0.300. The molecular formula is C10H14N2. The van der Waals surface area contributed by atoms with Crippen LogP contribution in [0.1, 0.15) is 18.1 Å². The Morgan fingerprint density at radius 2 is 2.33 bits per heavy atom. The van der Waals surface area contributed by atoms with Crippen LogP contribution in [0.5, 0.6) is 0 Å². The van der Waals surface area contributed by atoms with Gasteiger partial charge in [0.2, 0.25) is 0 Å². The summed E-state index contributed by atoms with van der Waals surface area (Å²) in [5.41, 5.74) is 9.00. The Morgan fingerprint density at radius 3 is 2.92 bits per heavy atom. The molecule has 0 aliphatic carbocycles. The molecule has 0 amide bonds. The van der Waals surface area contributed by atoms with Crippen molar-refractivity contribution in [3.63, 3.8) is 0 Å². The number of aromatic nitrogens is 1. The summed E-state index contributed by atoms with van der Waals surface area (Å²) in [4.78, 5) is 4.07. The smallest absolute Gasteiger partial charge is 0.126 e. The van der Waals surface area contributed by atoms with Crippen molar-refractivity contribution in [2.75, 3.05) is 5.73 Å². The molecule has 1 aromatic heterocycles. The van der Waals surface area contributed by atoms with Crippen molar-refractivity contribution in [1.29, 1.82) is 0 Å². The second-order valence-electron chi connectivity index (χ2n) is 3.19. The minimum absolute atomic E-state index is 0.614. The Morgan fingerprint density at radius 1 is 1.67 bits per heavy atom. The molecule has 0 saturated carbocycles. The van der Waals surface area contributed by atoms with Crippen molar-refractivity contribution in [1.82, 2.24) is 4.98 Å². The summed E-state index contributed by atoms with van der Waals surface area (Å²) in [6, 6.07) is 2.05. The van der Waals surface area contributed by atoms with Crippen LogP contribution >= 0.6 is 0 Å². The van der Waals surface area contributed by atoms with Crippen molar-refractivity contribution in [3.05, 3.63) is 35.5 Å². The number of allylic oxidation sites excluding steroid dienone is 1. The molecule has 1 aromatic rings. The van der Waals surface area contributed by atoms with Gasteiger partial charge < -0.3 is 5.73 Å². The first kappa shape index (κ1) is 8.78. The molecule has 12 heavy (non-hydrogen) atoms. The second kappa shape index (κ2) is 3.39. The molecule has 1 heterocycles. The van der Waals surface area contributed by atoms with E-state index >= 15 is 0 Å². The van der Waals surface area contributed by atoms with Gasteiger partial charge in [0, 0.05) is 6.20 Å². The number of hydrogen-bond acceptors (Lipinski definition) is 2. The Hall–Kier alpha value is -1.31. The molecule has 0 unspecified atom stereocenters. The molecule has 0 saturated heterocycles. The predicted octanol–water partition coefficient (Wildman–Crippen LogP) is 2.09. The normalized spacial score (nSPS) is 9.83. The molecule has 2 nitrogen and oxygen atoms in total. The summed E-state index contributed by atoms with van der Waals surface area (Å²) >= 11 is 0. The highest BCUT2D eigenvalue weighted by Gasteiger charge is 2.00. The van der Waals surface area contributed by atoms with E-state index in [4.69, 9.17) is 5.73 Å². The first-order valence-corrected chi connectivity index (χ1v) is 3.95. The van der Waals surface area contributed by atoms with E-state index in [2.05, 4.69) is 17.6 Å². The van der Waals surface area contributed by atoms with E-state index in [1.54, 1.807) is 6.20 Å².